The standard InChI is InChI=1S/C17H18INO5S2/c1-3-24-17(20)15-11-5-4-6-14(11)25-16(15)19-26(21,22)10-7-8-13(23-2)12(18)9-10/h7-9,19H,3-6H2,1-2H3. The minimum Gasteiger partial charge on any atom is -0.496 e. The minimum atomic E-state index is -3.83. The number of benzene rings is 1. The molecule has 0 bridgehead atoms. The Bertz CT molecular complexity index is 952. The summed E-state index contributed by atoms with van der Waals surface area (Å²) in [7, 11) is -2.30. The van der Waals surface area contributed by atoms with Crippen molar-refractivity contribution in [1.29, 1.82) is 0 Å². The van der Waals surface area contributed by atoms with Gasteiger partial charge < -0.3 is 9.47 Å². The van der Waals surface area contributed by atoms with Gasteiger partial charge in [0, 0.05) is 4.88 Å². The summed E-state index contributed by atoms with van der Waals surface area (Å²) in [4.78, 5) is 13.5. The molecular weight excluding hydrogens is 489 g/mol. The Balaban J connectivity index is 1.98. The summed E-state index contributed by atoms with van der Waals surface area (Å²) in [5, 5.41) is 0.332. The number of nitrogens with one attached hydrogen (secondary N) is 1. The van der Waals surface area contributed by atoms with Crippen LogP contribution in [-0.2, 0) is 27.6 Å². The van der Waals surface area contributed by atoms with E-state index >= 15 is 0 Å². The second-order valence-electron chi connectivity index (χ2n) is 5.68. The first-order valence-corrected chi connectivity index (χ1v) is 11.4. The fourth-order valence-electron chi connectivity index (χ4n) is 2.89. The summed E-state index contributed by atoms with van der Waals surface area (Å²) in [6, 6.07) is 4.62. The highest BCUT2D eigenvalue weighted by molar-refractivity contribution is 14.1. The van der Waals surface area contributed by atoms with E-state index in [1.165, 1.54) is 30.6 Å². The van der Waals surface area contributed by atoms with Crippen molar-refractivity contribution in [2.24, 2.45) is 0 Å². The number of methoxy groups -OCH3 is 1. The Kier molecular flexibility index (Phi) is 5.78. The summed E-state index contributed by atoms with van der Waals surface area (Å²) in [5.74, 6) is 0.126. The summed E-state index contributed by atoms with van der Waals surface area (Å²) in [5.41, 5.74) is 1.27. The lowest BCUT2D eigenvalue weighted by Crippen LogP contribution is -2.16. The van der Waals surface area contributed by atoms with Gasteiger partial charge in [0.1, 0.15) is 10.8 Å². The van der Waals surface area contributed by atoms with Crippen LogP contribution in [-0.4, -0.2) is 28.1 Å². The van der Waals surface area contributed by atoms with Gasteiger partial charge in [0.15, 0.2) is 0 Å². The van der Waals surface area contributed by atoms with Crippen molar-refractivity contribution in [3.8, 4) is 5.75 Å². The van der Waals surface area contributed by atoms with Crippen molar-refractivity contribution in [2.45, 2.75) is 31.1 Å². The first-order chi connectivity index (χ1) is 12.4. The predicted molar refractivity (Wildman–Crippen MR) is 109 cm³/mol. The quantitative estimate of drug-likeness (QED) is 0.475. The number of sulfonamides is 1. The molecule has 1 aromatic carbocycles. The van der Waals surface area contributed by atoms with Gasteiger partial charge in [0.05, 0.1) is 27.7 Å². The third kappa shape index (κ3) is 3.70. The van der Waals surface area contributed by atoms with Crippen LogP contribution in [0.5, 0.6) is 5.75 Å². The Morgan fingerprint density at radius 3 is 2.77 bits per heavy atom. The molecule has 0 saturated carbocycles. The molecule has 0 atom stereocenters. The number of halogens is 1. The van der Waals surface area contributed by atoms with E-state index < -0.39 is 16.0 Å². The van der Waals surface area contributed by atoms with Crippen molar-refractivity contribution in [3.63, 3.8) is 0 Å². The minimum absolute atomic E-state index is 0.117. The first kappa shape index (κ1) is 19.4. The van der Waals surface area contributed by atoms with Gasteiger partial charge in [-0.2, -0.15) is 0 Å². The largest absolute Gasteiger partial charge is 0.496 e. The molecule has 6 nitrogen and oxygen atoms in total. The highest BCUT2D eigenvalue weighted by atomic mass is 127. The molecule has 0 unspecified atom stereocenters. The van der Waals surface area contributed by atoms with Crippen molar-refractivity contribution in [1.82, 2.24) is 0 Å². The molecule has 0 spiro atoms. The summed E-state index contributed by atoms with van der Waals surface area (Å²) in [6.45, 7) is 1.97. The Labute approximate surface area is 170 Å². The maximum absolute atomic E-state index is 12.8. The molecule has 0 aliphatic heterocycles. The zero-order chi connectivity index (χ0) is 18.9. The van der Waals surface area contributed by atoms with Crippen LogP contribution in [0.3, 0.4) is 0 Å². The van der Waals surface area contributed by atoms with E-state index in [4.69, 9.17) is 9.47 Å². The average Bonchev–Trinajstić information content (AvgIpc) is 3.14. The van der Waals surface area contributed by atoms with Crippen LogP contribution in [0.2, 0.25) is 0 Å². The smallest absolute Gasteiger partial charge is 0.341 e. The van der Waals surface area contributed by atoms with Crippen LogP contribution in [0, 0.1) is 3.57 Å². The van der Waals surface area contributed by atoms with Crippen LogP contribution in [0.1, 0.15) is 34.1 Å². The van der Waals surface area contributed by atoms with Crippen molar-refractivity contribution >= 4 is 54.9 Å². The lowest BCUT2D eigenvalue weighted by molar-refractivity contribution is 0.0527. The molecular formula is C17H18INO5S2. The third-order valence-electron chi connectivity index (χ3n) is 4.06. The number of ether oxygens (including phenoxy) is 2. The summed E-state index contributed by atoms with van der Waals surface area (Å²) >= 11 is 3.34. The van der Waals surface area contributed by atoms with E-state index in [2.05, 4.69) is 4.72 Å². The highest BCUT2D eigenvalue weighted by Gasteiger charge is 2.30. The van der Waals surface area contributed by atoms with E-state index in [9.17, 15) is 13.2 Å². The molecule has 0 radical (unpaired) electrons. The second kappa shape index (κ2) is 7.73. The number of esters is 1. The van der Waals surface area contributed by atoms with E-state index in [1.54, 1.807) is 13.0 Å². The molecule has 1 N–H and O–H groups in total. The fraction of sp³-hybridized carbons (Fsp3) is 0.353. The highest BCUT2D eigenvalue weighted by Crippen LogP contribution is 2.40. The SMILES string of the molecule is CCOC(=O)c1c(NS(=O)(=O)c2ccc(OC)c(I)c2)sc2c1CCC2. The fourth-order valence-corrected chi connectivity index (χ4v) is 6.45. The Morgan fingerprint density at radius 1 is 1.35 bits per heavy atom. The topological polar surface area (TPSA) is 81.7 Å². The van der Waals surface area contributed by atoms with Gasteiger partial charge in [-0.05, 0) is 72.5 Å². The average molecular weight is 507 g/mol. The molecule has 2 aromatic rings. The van der Waals surface area contributed by atoms with E-state index in [1.807, 2.05) is 22.6 Å². The number of fused-ring (bicyclic) bond motifs is 1. The van der Waals surface area contributed by atoms with Gasteiger partial charge in [-0.15, -0.1) is 11.3 Å². The number of carbonyl (C=O) groups excluding carboxylic acids is 1. The zero-order valence-electron chi connectivity index (χ0n) is 14.3. The molecule has 140 valence electrons. The Morgan fingerprint density at radius 2 is 2.12 bits per heavy atom. The molecule has 26 heavy (non-hydrogen) atoms. The zero-order valence-corrected chi connectivity index (χ0v) is 18.1. The second-order valence-corrected chi connectivity index (χ2v) is 9.63. The van der Waals surface area contributed by atoms with Crippen LogP contribution >= 0.6 is 33.9 Å². The van der Waals surface area contributed by atoms with E-state index in [0.717, 1.165) is 29.7 Å². The number of anilines is 1. The Hall–Kier alpha value is -1.33. The van der Waals surface area contributed by atoms with Crippen LogP contribution < -0.4 is 9.46 Å². The van der Waals surface area contributed by atoms with E-state index in [-0.39, 0.29) is 11.5 Å². The third-order valence-corrected chi connectivity index (χ3v) is 7.59. The maximum Gasteiger partial charge on any atom is 0.341 e. The maximum atomic E-state index is 12.8. The molecule has 3 rings (SSSR count). The molecule has 1 aromatic heterocycles. The molecule has 1 aliphatic carbocycles. The van der Waals surface area contributed by atoms with Gasteiger partial charge in [-0.3, -0.25) is 4.72 Å². The predicted octanol–water partition coefficient (Wildman–Crippen LogP) is 3.83. The number of rotatable bonds is 6. The number of aryl methyl sites for hydroxylation is 1. The van der Waals surface area contributed by atoms with Crippen LogP contribution in [0.25, 0.3) is 0 Å². The lowest BCUT2D eigenvalue weighted by atomic mass is 10.1. The van der Waals surface area contributed by atoms with Gasteiger partial charge in [-0.25, -0.2) is 13.2 Å². The molecule has 0 amide bonds. The number of carbonyl (C=O) groups is 1. The van der Waals surface area contributed by atoms with Gasteiger partial charge in [0.2, 0.25) is 0 Å². The normalized spacial score (nSPS) is 13.3. The van der Waals surface area contributed by atoms with E-state index in [0.29, 0.717) is 19.9 Å². The monoisotopic (exact) mass is 507 g/mol. The molecule has 1 heterocycles. The van der Waals surface area contributed by atoms with Crippen LogP contribution in [0.15, 0.2) is 23.1 Å². The molecule has 9 heteroatoms. The number of thiophene rings is 1. The number of hydrogen-bond acceptors (Lipinski definition) is 6. The summed E-state index contributed by atoms with van der Waals surface area (Å²) in [6.07, 6.45) is 2.59. The van der Waals surface area contributed by atoms with Crippen molar-refractivity contribution in [2.75, 3.05) is 18.4 Å². The summed E-state index contributed by atoms with van der Waals surface area (Å²) < 4.78 is 39.2. The van der Waals surface area contributed by atoms with Crippen molar-refractivity contribution in [3.05, 3.63) is 37.8 Å². The first-order valence-electron chi connectivity index (χ1n) is 8.05. The lowest BCUT2D eigenvalue weighted by Gasteiger charge is -2.11. The van der Waals surface area contributed by atoms with Crippen LogP contribution in [0.4, 0.5) is 5.00 Å². The molecule has 0 saturated heterocycles. The van der Waals surface area contributed by atoms with Crippen molar-refractivity contribution < 1.29 is 22.7 Å². The van der Waals surface area contributed by atoms with Gasteiger partial charge in [-0.1, -0.05) is 0 Å². The molecule has 1 aliphatic rings. The molecule has 0 fully saturated rings. The van der Waals surface area contributed by atoms with Gasteiger partial charge >= 0.3 is 5.97 Å². The van der Waals surface area contributed by atoms with Gasteiger partial charge in [0.25, 0.3) is 10.0 Å². The number of hydrogen-bond donors (Lipinski definition) is 1.